The molecule has 0 amide bonds. The van der Waals surface area contributed by atoms with E-state index in [-0.39, 0.29) is 6.10 Å². The maximum absolute atomic E-state index is 13.5. The van der Waals surface area contributed by atoms with Gasteiger partial charge in [-0.25, -0.2) is 13.6 Å². The molecule has 3 nitrogen and oxygen atoms in total. The summed E-state index contributed by atoms with van der Waals surface area (Å²) in [6, 6.07) is 1.51. The second kappa shape index (κ2) is 5.80. The van der Waals surface area contributed by atoms with Crippen molar-refractivity contribution in [1.82, 2.24) is 0 Å². The lowest BCUT2D eigenvalue weighted by Crippen LogP contribution is -2.16. The van der Waals surface area contributed by atoms with Crippen molar-refractivity contribution in [3.05, 3.63) is 29.3 Å². The minimum absolute atomic E-state index is 0.337. The van der Waals surface area contributed by atoms with Gasteiger partial charge in [0.25, 0.3) is 0 Å². The molecule has 0 aliphatic heterocycles. The van der Waals surface area contributed by atoms with Gasteiger partial charge in [-0.05, 0) is 31.4 Å². The summed E-state index contributed by atoms with van der Waals surface area (Å²) in [7, 11) is 0. The molecule has 0 aromatic heterocycles. The predicted octanol–water partition coefficient (Wildman–Crippen LogP) is 3.48. The van der Waals surface area contributed by atoms with E-state index in [4.69, 9.17) is 9.84 Å². The molecule has 0 spiro atoms. The number of carboxylic acids is 1. The Bertz CT molecular complexity index is 421. The van der Waals surface area contributed by atoms with Crippen molar-refractivity contribution < 1.29 is 23.4 Å². The highest BCUT2D eigenvalue weighted by atomic mass is 19.1. The molecule has 1 N–H and O–H groups in total. The summed E-state index contributed by atoms with van der Waals surface area (Å²) in [4.78, 5) is 10.6. The Morgan fingerprint density at radius 1 is 1.28 bits per heavy atom. The van der Waals surface area contributed by atoms with Crippen LogP contribution in [0.1, 0.15) is 37.6 Å². The Morgan fingerprint density at radius 3 is 2.17 bits per heavy atom. The van der Waals surface area contributed by atoms with E-state index < -0.39 is 28.9 Å². The molecule has 1 aromatic carbocycles. The molecule has 0 heterocycles. The van der Waals surface area contributed by atoms with Crippen LogP contribution in [0.25, 0.3) is 0 Å². The SMILES string of the molecule is CC(C)CC(C)Oc1c(F)cc(C(=O)O)cc1F. The predicted molar refractivity (Wildman–Crippen MR) is 62.9 cm³/mol. The van der Waals surface area contributed by atoms with Crippen LogP contribution in [0.3, 0.4) is 0 Å². The third kappa shape index (κ3) is 3.68. The fourth-order valence-corrected chi connectivity index (χ4v) is 1.71. The van der Waals surface area contributed by atoms with Crippen molar-refractivity contribution in [2.24, 2.45) is 5.92 Å². The van der Waals surface area contributed by atoms with Crippen molar-refractivity contribution in [1.29, 1.82) is 0 Å². The molecule has 100 valence electrons. The maximum Gasteiger partial charge on any atom is 0.335 e. The van der Waals surface area contributed by atoms with E-state index >= 15 is 0 Å². The number of halogens is 2. The van der Waals surface area contributed by atoms with Gasteiger partial charge in [-0.2, -0.15) is 0 Å². The van der Waals surface area contributed by atoms with Gasteiger partial charge in [0.1, 0.15) is 0 Å². The van der Waals surface area contributed by atoms with E-state index in [1.54, 1.807) is 6.92 Å². The third-order valence-corrected chi connectivity index (χ3v) is 2.37. The molecule has 0 saturated carbocycles. The van der Waals surface area contributed by atoms with Gasteiger partial charge in [0.05, 0.1) is 11.7 Å². The topological polar surface area (TPSA) is 46.5 Å². The van der Waals surface area contributed by atoms with Crippen LogP contribution in [0.2, 0.25) is 0 Å². The standard InChI is InChI=1S/C13H16F2O3/c1-7(2)4-8(3)18-12-10(14)5-9(13(16)17)6-11(12)15/h5-8H,4H2,1-3H3,(H,16,17). The molecule has 18 heavy (non-hydrogen) atoms. The van der Waals surface area contributed by atoms with Crippen LogP contribution in [-0.4, -0.2) is 17.2 Å². The lowest BCUT2D eigenvalue weighted by molar-refractivity contribution is 0.0695. The first-order valence-corrected chi connectivity index (χ1v) is 5.70. The summed E-state index contributed by atoms with van der Waals surface area (Å²) < 4.78 is 32.3. The monoisotopic (exact) mass is 258 g/mol. The molecule has 1 atom stereocenters. The van der Waals surface area contributed by atoms with E-state index in [1.165, 1.54) is 0 Å². The van der Waals surface area contributed by atoms with Gasteiger partial charge < -0.3 is 9.84 Å². The summed E-state index contributed by atoms with van der Waals surface area (Å²) in [5.41, 5.74) is -0.436. The number of aromatic carboxylic acids is 1. The van der Waals surface area contributed by atoms with Crippen LogP contribution >= 0.6 is 0 Å². The molecule has 1 unspecified atom stereocenters. The quantitative estimate of drug-likeness (QED) is 0.879. The first kappa shape index (κ1) is 14.4. The summed E-state index contributed by atoms with van der Waals surface area (Å²) in [5, 5.41) is 8.65. The van der Waals surface area contributed by atoms with Crippen molar-refractivity contribution in [2.75, 3.05) is 0 Å². The van der Waals surface area contributed by atoms with E-state index in [1.807, 2.05) is 13.8 Å². The number of benzene rings is 1. The molecule has 0 radical (unpaired) electrons. The summed E-state index contributed by atoms with van der Waals surface area (Å²) >= 11 is 0. The van der Waals surface area contributed by atoms with Crippen LogP contribution in [0, 0.1) is 17.6 Å². The number of hydrogen-bond donors (Lipinski definition) is 1. The molecule has 1 aromatic rings. The minimum Gasteiger partial charge on any atom is -0.485 e. The van der Waals surface area contributed by atoms with Crippen molar-refractivity contribution in [3.63, 3.8) is 0 Å². The van der Waals surface area contributed by atoms with Crippen molar-refractivity contribution >= 4 is 5.97 Å². The summed E-state index contributed by atoms with van der Waals surface area (Å²) in [6.07, 6.45) is 0.309. The zero-order valence-electron chi connectivity index (χ0n) is 10.5. The molecule has 0 aliphatic rings. The highest BCUT2D eigenvalue weighted by Crippen LogP contribution is 2.25. The van der Waals surface area contributed by atoms with Crippen LogP contribution in [0.5, 0.6) is 5.75 Å². The maximum atomic E-state index is 13.5. The van der Waals surface area contributed by atoms with Crippen molar-refractivity contribution in [3.8, 4) is 5.75 Å². The second-order valence-corrected chi connectivity index (χ2v) is 4.63. The van der Waals surface area contributed by atoms with Gasteiger partial charge in [0.15, 0.2) is 17.4 Å². The average Bonchev–Trinajstić information content (AvgIpc) is 2.21. The van der Waals surface area contributed by atoms with Gasteiger partial charge in [-0.1, -0.05) is 13.8 Å². The van der Waals surface area contributed by atoms with E-state index in [0.717, 1.165) is 12.1 Å². The molecular formula is C13H16F2O3. The Labute approximate surface area is 104 Å². The summed E-state index contributed by atoms with van der Waals surface area (Å²) in [5.74, 6) is -3.56. The van der Waals surface area contributed by atoms with Crippen LogP contribution < -0.4 is 4.74 Å². The fourth-order valence-electron chi connectivity index (χ4n) is 1.71. The Morgan fingerprint density at radius 2 is 1.78 bits per heavy atom. The number of hydrogen-bond acceptors (Lipinski definition) is 2. The molecule has 5 heteroatoms. The lowest BCUT2D eigenvalue weighted by atomic mass is 10.1. The van der Waals surface area contributed by atoms with E-state index in [9.17, 15) is 13.6 Å². The van der Waals surface area contributed by atoms with E-state index in [2.05, 4.69) is 0 Å². The average molecular weight is 258 g/mol. The first-order chi connectivity index (χ1) is 8.31. The molecule has 0 saturated heterocycles. The molecule has 0 fully saturated rings. The van der Waals surface area contributed by atoms with Gasteiger partial charge in [-0.3, -0.25) is 0 Å². The lowest BCUT2D eigenvalue weighted by Gasteiger charge is -2.17. The Kier molecular flexibility index (Phi) is 4.64. The van der Waals surface area contributed by atoms with Crippen LogP contribution in [-0.2, 0) is 0 Å². The molecular weight excluding hydrogens is 242 g/mol. The fraction of sp³-hybridized carbons (Fsp3) is 0.462. The number of ether oxygens (including phenoxy) is 1. The normalized spacial score (nSPS) is 12.6. The third-order valence-electron chi connectivity index (χ3n) is 2.37. The second-order valence-electron chi connectivity index (χ2n) is 4.63. The number of carbonyl (C=O) groups is 1. The molecule has 1 rings (SSSR count). The molecule has 0 aliphatic carbocycles. The Hall–Kier alpha value is -1.65. The molecule has 0 bridgehead atoms. The smallest absolute Gasteiger partial charge is 0.335 e. The summed E-state index contributed by atoms with van der Waals surface area (Å²) in [6.45, 7) is 5.66. The van der Waals surface area contributed by atoms with E-state index in [0.29, 0.717) is 12.3 Å². The van der Waals surface area contributed by atoms with Gasteiger partial charge in [0, 0.05) is 0 Å². The number of rotatable bonds is 5. The highest BCUT2D eigenvalue weighted by Gasteiger charge is 2.18. The first-order valence-electron chi connectivity index (χ1n) is 5.70. The zero-order valence-corrected chi connectivity index (χ0v) is 10.5. The Balaban J connectivity index is 2.93. The largest absolute Gasteiger partial charge is 0.485 e. The minimum atomic E-state index is -1.38. The number of carboxylic acid groups (broad SMARTS) is 1. The zero-order chi connectivity index (χ0) is 13.9. The van der Waals surface area contributed by atoms with Gasteiger partial charge in [-0.15, -0.1) is 0 Å². The van der Waals surface area contributed by atoms with Crippen molar-refractivity contribution in [2.45, 2.75) is 33.3 Å². The van der Waals surface area contributed by atoms with Gasteiger partial charge in [0.2, 0.25) is 0 Å². The highest BCUT2D eigenvalue weighted by molar-refractivity contribution is 5.87. The van der Waals surface area contributed by atoms with Gasteiger partial charge >= 0.3 is 5.97 Å². The van der Waals surface area contributed by atoms with Crippen LogP contribution in [0.4, 0.5) is 8.78 Å². The van der Waals surface area contributed by atoms with Crippen LogP contribution in [0.15, 0.2) is 12.1 Å².